The minimum absolute atomic E-state index is 0.136. The molecule has 3 rings (SSSR count). The molecule has 1 aromatic heterocycles. The molecule has 0 fully saturated rings. The van der Waals surface area contributed by atoms with Crippen LogP contribution in [0.25, 0.3) is 10.9 Å². The Balaban J connectivity index is 1.97. The van der Waals surface area contributed by atoms with Gasteiger partial charge in [-0.1, -0.05) is 30.3 Å². The molecule has 3 nitrogen and oxygen atoms in total. The van der Waals surface area contributed by atoms with E-state index in [1.807, 2.05) is 42.5 Å². The van der Waals surface area contributed by atoms with E-state index < -0.39 is 0 Å². The highest BCUT2D eigenvalue weighted by Gasteiger charge is 2.08. The fraction of sp³-hybridized carbons (Fsp3) is 0. The maximum absolute atomic E-state index is 12.2. The van der Waals surface area contributed by atoms with E-state index in [1.54, 1.807) is 18.3 Å². The summed E-state index contributed by atoms with van der Waals surface area (Å²) in [6.45, 7) is 0. The van der Waals surface area contributed by atoms with E-state index in [4.69, 9.17) is 0 Å². The van der Waals surface area contributed by atoms with Gasteiger partial charge < -0.3 is 5.32 Å². The monoisotopic (exact) mass is 326 g/mol. The first-order valence-electron chi connectivity index (χ1n) is 6.15. The minimum Gasteiger partial charge on any atom is -0.320 e. The summed E-state index contributed by atoms with van der Waals surface area (Å²) >= 11 is 3.39. The largest absolute Gasteiger partial charge is 0.320 e. The summed E-state index contributed by atoms with van der Waals surface area (Å²) in [5.41, 5.74) is 2.12. The number of nitrogens with zero attached hydrogens (tertiary/aromatic N) is 1. The Labute approximate surface area is 124 Å². The molecule has 20 heavy (non-hydrogen) atoms. The summed E-state index contributed by atoms with van der Waals surface area (Å²) in [5, 5.41) is 3.88. The van der Waals surface area contributed by atoms with Gasteiger partial charge in [-0.25, -0.2) is 0 Å². The van der Waals surface area contributed by atoms with Gasteiger partial charge in [-0.15, -0.1) is 0 Å². The van der Waals surface area contributed by atoms with Gasteiger partial charge in [-0.2, -0.15) is 0 Å². The van der Waals surface area contributed by atoms with Gasteiger partial charge in [0.2, 0.25) is 0 Å². The van der Waals surface area contributed by atoms with Crippen LogP contribution in [0.3, 0.4) is 0 Å². The molecule has 0 aliphatic heterocycles. The number of anilines is 1. The van der Waals surface area contributed by atoms with Crippen LogP contribution in [0.5, 0.6) is 0 Å². The van der Waals surface area contributed by atoms with E-state index in [1.165, 1.54) is 0 Å². The molecule has 2 aromatic carbocycles. The third-order valence-electron chi connectivity index (χ3n) is 2.96. The SMILES string of the molecule is O=C(Nc1cccc2cc(Br)cnc12)c1ccccc1. The van der Waals surface area contributed by atoms with Crippen molar-refractivity contribution in [2.24, 2.45) is 0 Å². The molecule has 98 valence electrons. The van der Waals surface area contributed by atoms with Crippen LogP contribution in [0.1, 0.15) is 10.4 Å². The molecule has 0 radical (unpaired) electrons. The van der Waals surface area contributed by atoms with Crippen molar-refractivity contribution in [3.8, 4) is 0 Å². The van der Waals surface area contributed by atoms with Crippen molar-refractivity contribution in [1.29, 1.82) is 0 Å². The number of carbonyl (C=O) groups excluding carboxylic acids is 1. The highest BCUT2D eigenvalue weighted by atomic mass is 79.9. The molecule has 4 heteroatoms. The number of benzene rings is 2. The number of hydrogen-bond acceptors (Lipinski definition) is 2. The number of pyridine rings is 1. The number of fused-ring (bicyclic) bond motifs is 1. The third kappa shape index (κ3) is 2.56. The lowest BCUT2D eigenvalue weighted by atomic mass is 10.1. The van der Waals surface area contributed by atoms with Crippen LogP contribution in [0, 0.1) is 0 Å². The molecular weight excluding hydrogens is 316 g/mol. The highest BCUT2D eigenvalue weighted by molar-refractivity contribution is 9.10. The molecule has 0 spiro atoms. The third-order valence-corrected chi connectivity index (χ3v) is 3.40. The summed E-state index contributed by atoms with van der Waals surface area (Å²) in [7, 11) is 0. The molecule has 1 N–H and O–H groups in total. The van der Waals surface area contributed by atoms with Gasteiger partial charge in [0.25, 0.3) is 5.91 Å². The van der Waals surface area contributed by atoms with Gasteiger partial charge in [-0.05, 0) is 40.2 Å². The molecule has 1 heterocycles. The lowest BCUT2D eigenvalue weighted by molar-refractivity contribution is 0.102. The van der Waals surface area contributed by atoms with E-state index in [0.29, 0.717) is 11.3 Å². The number of aromatic nitrogens is 1. The van der Waals surface area contributed by atoms with Crippen molar-refractivity contribution < 1.29 is 4.79 Å². The van der Waals surface area contributed by atoms with E-state index in [2.05, 4.69) is 26.2 Å². The van der Waals surface area contributed by atoms with Crippen molar-refractivity contribution in [2.75, 3.05) is 5.32 Å². The van der Waals surface area contributed by atoms with Gasteiger partial charge in [0.05, 0.1) is 11.2 Å². The van der Waals surface area contributed by atoms with Crippen LogP contribution in [0.15, 0.2) is 65.3 Å². The average Bonchev–Trinajstić information content (AvgIpc) is 2.48. The first kappa shape index (κ1) is 12.8. The quantitative estimate of drug-likeness (QED) is 0.764. The molecule has 3 aromatic rings. The number of para-hydroxylation sites is 1. The number of rotatable bonds is 2. The maximum atomic E-state index is 12.2. The normalized spacial score (nSPS) is 10.4. The Morgan fingerprint density at radius 1 is 1.05 bits per heavy atom. The van der Waals surface area contributed by atoms with Crippen molar-refractivity contribution in [3.05, 3.63) is 70.8 Å². The Bertz CT molecular complexity index is 772. The molecule has 0 saturated heterocycles. The second-order valence-corrected chi connectivity index (χ2v) is 5.27. The van der Waals surface area contributed by atoms with Crippen LogP contribution in [-0.4, -0.2) is 10.9 Å². The number of amides is 1. The molecular formula is C16H11BrN2O. The van der Waals surface area contributed by atoms with Crippen molar-refractivity contribution in [3.63, 3.8) is 0 Å². The van der Waals surface area contributed by atoms with Crippen LogP contribution >= 0.6 is 15.9 Å². The number of hydrogen-bond donors (Lipinski definition) is 1. The summed E-state index contributed by atoms with van der Waals surface area (Å²) in [6, 6.07) is 16.8. The average molecular weight is 327 g/mol. The van der Waals surface area contributed by atoms with Gasteiger partial charge in [-0.3, -0.25) is 9.78 Å². The minimum atomic E-state index is -0.136. The molecule has 0 aliphatic rings. The van der Waals surface area contributed by atoms with E-state index in [-0.39, 0.29) is 5.91 Å². The van der Waals surface area contributed by atoms with Crippen LogP contribution < -0.4 is 5.32 Å². The smallest absolute Gasteiger partial charge is 0.255 e. The van der Waals surface area contributed by atoms with Crippen LogP contribution in [0.2, 0.25) is 0 Å². The summed E-state index contributed by atoms with van der Waals surface area (Å²) in [5.74, 6) is -0.136. The Morgan fingerprint density at radius 2 is 1.85 bits per heavy atom. The molecule has 0 atom stereocenters. The molecule has 1 amide bonds. The Kier molecular flexibility index (Phi) is 3.48. The zero-order valence-electron chi connectivity index (χ0n) is 10.5. The number of nitrogens with one attached hydrogen (secondary N) is 1. The van der Waals surface area contributed by atoms with E-state index >= 15 is 0 Å². The number of carbonyl (C=O) groups is 1. The van der Waals surface area contributed by atoms with Gasteiger partial charge >= 0.3 is 0 Å². The zero-order valence-corrected chi connectivity index (χ0v) is 12.1. The molecule has 0 unspecified atom stereocenters. The zero-order chi connectivity index (χ0) is 13.9. The maximum Gasteiger partial charge on any atom is 0.255 e. The molecule has 0 bridgehead atoms. The van der Waals surface area contributed by atoms with Crippen molar-refractivity contribution in [2.45, 2.75) is 0 Å². The molecule has 0 aliphatic carbocycles. The summed E-state index contributed by atoms with van der Waals surface area (Å²) < 4.78 is 0.913. The van der Waals surface area contributed by atoms with E-state index in [9.17, 15) is 4.79 Å². The predicted octanol–water partition coefficient (Wildman–Crippen LogP) is 4.25. The lowest BCUT2D eigenvalue weighted by Crippen LogP contribution is -2.12. The fourth-order valence-corrected chi connectivity index (χ4v) is 2.37. The Hall–Kier alpha value is -2.20. The van der Waals surface area contributed by atoms with Crippen molar-refractivity contribution >= 4 is 38.4 Å². The number of halogens is 1. The predicted molar refractivity (Wildman–Crippen MR) is 83.8 cm³/mol. The first-order chi connectivity index (χ1) is 9.74. The lowest BCUT2D eigenvalue weighted by Gasteiger charge is -2.08. The fourth-order valence-electron chi connectivity index (χ4n) is 2.02. The van der Waals surface area contributed by atoms with Gasteiger partial charge in [0.1, 0.15) is 0 Å². The van der Waals surface area contributed by atoms with Crippen molar-refractivity contribution in [1.82, 2.24) is 4.98 Å². The second-order valence-electron chi connectivity index (χ2n) is 4.35. The molecule has 0 saturated carbocycles. The summed E-state index contributed by atoms with van der Waals surface area (Å²) in [6.07, 6.45) is 1.72. The van der Waals surface area contributed by atoms with Gasteiger partial charge in [0, 0.05) is 21.6 Å². The Morgan fingerprint density at radius 3 is 2.65 bits per heavy atom. The summed E-state index contributed by atoms with van der Waals surface area (Å²) in [4.78, 5) is 16.5. The first-order valence-corrected chi connectivity index (χ1v) is 6.94. The van der Waals surface area contributed by atoms with Crippen LogP contribution in [-0.2, 0) is 0 Å². The highest BCUT2D eigenvalue weighted by Crippen LogP contribution is 2.24. The van der Waals surface area contributed by atoms with E-state index in [0.717, 1.165) is 15.4 Å². The van der Waals surface area contributed by atoms with Gasteiger partial charge in [0.15, 0.2) is 0 Å². The topological polar surface area (TPSA) is 42.0 Å². The standard InChI is InChI=1S/C16H11BrN2O/c17-13-9-12-7-4-8-14(15(12)18-10-13)19-16(20)11-5-2-1-3-6-11/h1-10H,(H,19,20). The second kappa shape index (κ2) is 5.43. The van der Waals surface area contributed by atoms with Crippen LogP contribution in [0.4, 0.5) is 5.69 Å².